The number of allylic oxidation sites excluding steroid dienone is 2. The molecule has 2 aliphatic carbocycles. The molecule has 0 saturated heterocycles. The van der Waals surface area contributed by atoms with E-state index in [-0.39, 0.29) is 47.3 Å². The maximum Gasteiger partial charge on any atom is 0.269 e. The van der Waals surface area contributed by atoms with Crippen LogP contribution in [-0.2, 0) is 17.6 Å². The third-order valence-electron chi connectivity index (χ3n) is 6.84. The number of non-ortho nitro benzene ring substituents is 1. The van der Waals surface area contributed by atoms with Gasteiger partial charge in [0.2, 0.25) is 0 Å². The number of ketones is 2. The summed E-state index contributed by atoms with van der Waals surface area (Å²) in [5.41, 5.74) is 2.97. The molecule has 2 aromatic carbocycles. The number of nitrogens with zero attached hydrogens (tertiary/aromatic N) is 3. The maximum absolute atomic E-state index is 13.1. The molecule has 0 bridgehead atoms. The molecule has 1 heterocycles. The van der Waals surface area contributed by atoms with Crippen LogP contribution in [-0.4, -0.2) is 32.5 Å². The van der Waals surface area contributed by atoms with Crippen molar-refractivity contribution in [2.45, 2.75) is 50.9 Å². The molecule has 0 spiro atoms. The molecular weight excluding hydrogens is 474 g/mol. The summed E-state index contributed by atoms with van der Waals surface area (Å²) in [6.07, 6.45) is 2.70. The number of rotatable bonds is 7. The van der Waals surface area contributed by atoms with Crippen LogP contribution in [0.4, 0.5) is 11.4 Å². The lowest BCUT2D eigenvalue weighted by atomic mass is 9.81. The third-order valence-corrected chi connectivity index (χ3v) is 6.84. The summed E-state index contributed by atoms with van der Waals surface area (Å²) in [5, 5.41) is 25.7. The number of carbonyl (C=O) groups is 2. The van der Waals surface area contributed by atoms with E-state index in [1.165, 1.54) is 24.3 Å². The molecule has 0 aliphatic heterocycles. The molecule has 0 radical (unpaired) electrons. The van der Waals surface area contributed by atoms with E-state index < -0.39 is 4.92 Å². The van der Waals surface area contributed by atoms with Gasteiger partial charge in [-0.2, -0.15) is 0 Å². The molecule has 1 atom stereocenters. The quantitative estimate of drug-likeness (QED) is 0.248. The fraction of sp³-hybridized carbons (Fsp3) is 0.286. The van der Waals surface area contributed by atoms with Crippen molar-refractivity contribution in [1.82, 2.24) is 5.16 Å². The number of nitro benzene ring substituents is 1. The summed E-state index contributed by atoms with van der Waals surface area (Å²) >= 11 is 0. The first-order valence-electron chi connectivity index (χ1n) is 12.2. The van der Waals surface area contributed by atoms with Crippen LogP contribution in [0.1, 0.15) is 65.4 Å². The van der Waals surface area contributed by atoms with Gasteiger partial charge in [-0.25, -0.2) is 0 Å². The molecule has 0 fully saturated rings. The molecule has 37 heavy (non-hydrogen) atoms. The molecule has 1 unspecified atom stereocenters. The average molecular weight is 500 g/mol. The second kappa shape index (κ2) is 10.3. The number of nitro groups is 1. The normalized spacial score (nSPS) is 18.2. The predicted molar refractivity (Wildman–Crippen MR) is 135 cm³/mol. The summed E-state index contributed by atoms with van der Waals surface area (Å²) < 4.78 is 5.58. The lowest BCUT2D eigenvalue weighted by molar-refractivity contribution is -0.384. The van der Waals surface area contributed by atoms with Crippen LogP contribution in [0, 0.1) is 10.1 Å². The Kier molecular flexibility index (Phi) is 6.76. The molecule has 9 nitrogen and oxygen atoms in total. The van der Waals surface area contributed by atoms with Crippen LogP contribution in [0.5, 0.6) is 0 Å². The van der Waals surface area contributed by atoms with Crippen molar-refractivity contribution in [3.8, 4) is 0 Å². The van der Waals surface area contributed by atoms with E-state index in [1.54, 1.807) is 0 Å². The van der Waals surface area contributed by atoms with Crippen LogP contribution in [0.15, 0.2) is 75.4 Å². The number of aliphatic hydroxyl groups excluding tert-OH is 1. The second-order valence-electron chi connectivity index (χ2n) is 9.30. The lowest BCUT2D eigenvalue weighted by Crippen LogP contribution is -2.21. The highest BCUT2D eigenvalue weighted by molar-refractivity contribution is 6.23. The van der Waals surface area contributed by atoms with E-state index in [2.05, 4.69) is 10.1 Å². The fourth-order valence-electron chi connectivity index (χ4n) is 5.00. The number of aliphatic hydroxyl groups is 1. The highest BCUT2D eigenvalue weighted by Crippen LogP contribution is 2.35. The fourth-order valence-corrected chi connectivity index (χ4v) is 5.00. The van der Waals surface area contributed by atoms with Gasteiger partial charge in [0, 0.05) is 37.8 Å². The van der Waals surface area contributed by atoms with Gasteiger partial charge in [0.25, 0.3) is 5.69 Å². The minimum atomic E-state index is -0.500. The molecule has 3 aromatic rings. The van der Waals surface area contributed by atoms with Gasteiger partial charge in [-0.3, -0.25) is 24.7 Å². The van der Waals surface area contributed by atoms with Crippen LogP contribution in [0.3, 0.4) is 0 Å². The Morgan fingerprint density at radius 3 is 2.51 bits per heavy atom. The molecule has 2 aliphatic rings. The first kappa shape index (κ1) is 24.3. The Hall–Kier alpha value is -4.40. The minimum Gasteiger partial charge on any atom is -0.511 e. The van der Waals surface area contributed by atoms with Gasteiger partial charge in [-0.15, -0.1) is 0 Å². The number of hydrogen-bond donors (Lipinski definition) is 1. The van der Waals surface area contributed by atoms with E-state index in [0.29, 0.717) is 60.5 Å². The summed E-state index contributed by atoms with van der Waals surface area (Å²) in [4.78, 5) is 40.9. The molecule has 0 saturated carbocycles. The second-order valence-corrected chi connectivity index (χ2v) is 9.30. The van der Waals surface area contributed by atoms with Gasteiger partial charge in [0.1, 0.15) is 11.5 Å². The molecular formula is C28H25N3O6. The number of hydrogen-bond acceptors (Lipinski definition) is 8. The topological polar surface area (TPSA) is 136 Å². The number of fused-ring (bicyclic) bond motifs is 1. The van der Waals surface area contributed by atoms with Gasteiger partial charge in [-0.1, -0.05) is 35.5 Å². The van der Waals surface area contributed by atoms with Gasteiger partial charge in [0.15, 0.2) is 11.6 Å². The van der Waals surface area contributed by atoms with Gasteiger partial charge in [-0.05, 0) is 42.9 Å². The first-order chi connectivity index (χ1) is 17.9. The average Bonchev–Trinajstić information content (AvgIpc) is 3.31. The molecule has 5 rings (SSSR count). The van der Waals surface area contributed by atoms with Crippen molar-refractivity contribution < 1.29 is 24.1 Å². The number of carbonyl (C=O) groups excluding carboxylic acids is 2. The molecule has 0 amide bonds. The molecule has 9 heteroatoms. The summed E-state index contributed by atoms with van der Waals surface area (Å²) in [7, 11) is 0. The van der Waals surface area contributed by atoms with E-state index in [9.17, 15) is 24.8 Å². The van der Waals surface area contributed by atoms with Gasteiger partial charge < -0.3 is 9.63 Å². The van der Waals surface area contributed by atoms with Crippen LogP contribution < -0.4 is 0 Å². The van der Waals surface area contributed by atoms with E-state index >= 15 is 0 Å². The van der Waals surface area contributed by atoms with Crippen molar-refractivity contribution in [3.63, 3.8) is 0 Å². The summed E-state index contributed by atoms with van der Waals surface area (Å²) in [5.74, 6) is 0.346. The molecule has 1 aromatic heterocycles. The van der Waals surface area contributed by atoms with Crippen molar-refractivity contribution in [1.29, 1.82) is 0 Å². The maximum atomic E-state index is 13.1. The van der Waals surface area contributed by atoms with Crippen molar-refractivity contribution in [3.05, 3.63) is 98.6 Å². The Bertz CT molecular complexity index is 1420. The van der Waals surface area contributed by atoms with Crippen LogP contribution in [0.2, 0.25) is 0 Å². The zero-order valence-electron chi connectivity index (χ0n) is 20.1. The van der Waals surface area contributed by atoms with E-state index in [1.807, 2.05) is 30.3 Å². The van der Waals surface area contributed by atoms with E-state index in [0.717, 1.165) is 5.56 Å². The Morgan fingerprint density at radius 1 is 1.05 bits per heavy atom. The largest absolute Gasteiger partial charge is 0.511 e. The third kappa shape index (κ3) is 5.11. The number of aliphatic imine (C=N–C) groups is 1. The summed E-state index contributed by atoms with van der Waals surface area (Å²) in [6, 6.07) is 15.5. The Morgan fingerprint density at radius 2 is 1.81 bits per heavy atom. The van der Waals surface area contributed by atoms with Gasteiger partial charge >= 0.3 is 0 Å². The highest BCUT2D eigenvalue weighted by Gasteiger charge is 2.33. The summed E-state index contributed by atoms with van der Waals surface area (Å²) in [6.45, 7) is 0. The van der Waals surface area contributed by atoms with Crippen molar-refractivity contribution in [2.24, 2.45) is 4.99 Å². The standard InChI is InChI=1S/C28H25N3O6/c32-23-7-4-8-24(33)27(23)21(29-19-9-11-20(12-10-19)31(35)36)13-14-22-28-25(34)15-18(16-26(28)37-30-22)17-5-2-1-3-6-17/h1-3,5-6,9-12,18,32H,4,7-8,13-16H2. The number of benzene rings is 2. The monoisotopic (exact) mass is 499 g/mol. The Labute approximate surface area is 212 Å². The number of aryl methyl sites for hydroxylation is 1. The van der Waals surface area contributed by atoms with Crippen molar-refractivity contribution >= 4 is 28.7 Å². The number of Topliss-reactive ketones (excluding diaryl/α,β-unsaturated/α-hetero) is 2. The number of aromatic nitrogens is 1. The van der Waals surface area contributed by atoms with Gasteiger partial charge in [0.05, 0.1) is 33.2 Å². The minimum absolute atomic E-state index is 0.0131. The van der Waals surface area contributed by atoms with Crippen LogP contribution in [0.25, 0.3) is 0 Å². The van der Waals surface area contributed by atoms with E-state index in [4.69, 9.17) is 4.52 Å². The first-order valence-corrected chi connectivity index (χ1v) is 12.2. The predicted octanol–water partition coefficient (Wildman–Crippen LogP) is 5.77. The zero-order valence-corrected chi connectivity index (χ0v) is 20.1. The molecule has 1 N–H and O–H groups in total. The molecule has 188 valence electrons. The zero-order chi connectivity index (χ0) is 25.9. The highest BCUT2D eigenvalue weighted by atomic mass is 16.6. The Balaban J connectivity index is 1.42. The van der Waals surface area contributed by atoms with Crippen molar-refractivity contribution in [2.75, 3.05) is 0 Å². The SMILES string of the molecule is O=C1CCCC(O)=C1C(CCc1noc2c1C(=O)CC(c1ccccc1)C2)=Nc1ccc([N+](=O)[O-])cc1. The lowest BCUT2D eigenvalue weighted by Gasteiger charge is -2.20. The smallest absolute Gasteiger partial charge is 0.269 e. The van der Waals surface area contributed by atoms with Crippen LogP contribution >= 0.6 is 0 Å².